The molecule has 3 heteroatoms. The second kappa shape index (κ2) is 5.12. The lowest BCUT2D eigenvalue weighted by atomic mass is 10.1. The Labute approximate surface area is 95.7 Å². The number of rotatable bonds is 5. The van der Waals surface area contributed by atoms with Crippen LogP contribution in [0.2, 0.25) is 0 Å². The van der Waals surface area contributed by atoms with Crippen molar-refractivity contribution in [3.63, 3.8) is 0 Å². The summed E-state index contributed by atoms with van der Waals surface area (Å²) in [4.78, 5) is 0. The molecule has 3 nitrogen and oxygen atoms in total. The van der Waals surface area contributed by atoms with Crippen LogP contribution in [0.5, 0.6) is 0 Å². The van der Waals surface area contributed by atoms with Gasteiger partial charge in [-0.15, -0.1) is 0 Å². The van der Waals surface area contributed by atoms with Crippen molar-refractivity contribution in [2.24, 2.45) is 0 Å². The van der Waals surface area contributed by atoms with Crippen molar-refractivity contribution in [2.45, 2.75) is 38.8 Å². The van der Waals surface area contributed by atoms with E-state index in [9.17, 15) is 5.11 Å². The van der Waals surface area contributed by atoms with Crippen molar-refractivity contribution >= 4 is 10.9 Å². The zero-order chi connectivity index (χ0) is 11.4. The van der Waals surface area contributed by atoms with Crippen LogP contribution in [0.15, 0.2) is 30.5 Å². The van der Waals surface area contributed by atoms with Crippen molar-refractivity contribution in [1.82, 2.24) is 9.78 Å². The Kier molecular flexibility index (Phi) is 3.57. The van der Waals surface area contributed by atoms with Gasteiger partial charge in [-0.3, -0.25) is 4.68 Å². The van der Waals surface area contributed by atoms with Crippen LogP contribution < -0.4 is 0 Å². The van der Waals surface area contributed by atoms with Gasteiger partial charge in [0.1, 0.15) is 0 Å². The van der Waals surface area contributed by atoms with E-state index in [1.165, 1.54) is 10.9 Å². The van der Waals surface area contributed by atoms with E-state index in [2.05, 4.69) is 17.2 Å². The first-order valence-corrected chi connectivity index (χ1v) is 5.90. The first-order chi connectivity index (χ1) is 7.81. The highest BCUT2D eigenvalue weighted by Crippen LogP contribution is 2.13. The Morgan fingerprint density at radius 1 is 1.38 bits per heavy atom. The molecular weight excluding hydrogens is 200 g/mol. The first-order valence-electron chi connectivity index (χ1n) is 5.90. The van der Waals surface area contributed by atoms with Crippen LogP contribution in [0.1, 0.15) is 26.2 Å². The summed E-state index contributed by atoms with van der Waals surface area (Å²) in [6.45, 7) is 2.89. The second-order valence-corrected chi connectivity index (χ2v) is 4.13. The molecule has 1 aromatic heterocycles. The van der Waals surface area contributed by atoms with Gasteiger partial charge in [0.05, 0.1) is 17.8 Å². The van der Waals surface area contributed by atoms with Crippen molar-refractivity contribution in [3.05, 3.63) is 30.5 Å². The van der Waals surface area contributed by atoms with Crippen LogP contribution >= 0.6 is 0 Å². The molecule has 0 saturated heterocycles. The van der Waals surface area contributed by atoms with E-state index in [0.717, 1.165) is 25.8 Å². The molecule has 16 heavy (non-hydrogen) atoms. The van der Waals surface area contributed by atoms with E-state index in [1.54, 1.807) is 0 Å². The summed E-state index contributed by atoms with van der Waals surface area (Å²) in [5, 5.41) is 15.0. The highest BCUT2D eigenvalue weighted by Gasteiger charge is 2.03. The zero-order valence-corrected chi connectivity index (χ0v) is 9.63. The molecule has 0 aliphatic heterocycles. The van der Waals surface area contributed by atoms with Crippen LogP contribution in [0.3, 0.4) is 0 Å². The largest absolute Gasteiger partial charge is 0.393 e. The van der Waals surface area contributed by atoms with Crippen LogP contribution in [0.4, 0.5) is 0 Å². The topological polar surface area (TPSA) is 38.0 Å². The lowest BCUT2D eigenvalue weighted by molar-refractivity contribution is 0.155. The summed E-state index contributed by atoms with van der Waals surface area (Å²) < 4.78 is 2.01. The summed E-state index contributed by atoms with van der Waals surface area (Å²) in [6, 6.07) is 8.20. The molecule has 1 unspecified atom stereocenters. The van der Waals surface area contributed by atoms with E-state index in [0.29, 0.717) is 0 Å². The smallest absolute Gasteiger partial charge is 0.0682 e. The average molecular weight is 218 g/mol. The van der Waals surface area contributed by atoms with Crippen LogP contribution in [0, 0.1) is 0 Å². The molecule has 0 bridgehead atoms. The van der Waals surface area contributed by atoms with Gasteiger partial charge in [-0.05, 0) is 25.3 Å². The summed E-state index contributed by atoms with van der Waals surface area (Å²) in [6.07, 6.45) is 4.39. The molecule has 1 aromatic carbocycles. The molecular formula is C13H18N2O. The van der Waals surface area contributed by atoms with E-state index < -0.39 is 0 Å². The predicted octanol–water partition coefficient (Wildman–Crippen LogP) is 2.59. The monoisotopic (exact) mass is 218 g/mol. The summed E-state index contributed by atoms with van der Waals surface area (Å²) in [5.41, 5.74) is 1.17. The molecule has 0 fully saturated rings. The molecule has 2 aromatic rings. The number of hydrogen-bond acceptors (Lipinski definition) is 2. The summed E-state index contributed by atoms with van der Waals surface area (Å²) >= 11 is 0. The van der Waals surface area contributed by atoms with E-state index >= 15 is 0 Å². The lowest BCUT2D eigenvalue weighted by Gasteiger charge is -2.07. The number of aliphatic hydroxyl groups is 1. The van der Waals surface area contributed by atoms with Gasteiger partial charge in [0.2, 0.25) is 0 Å². The third-order valence-corrected chi connectivity index (χ3v) is 2.93. The third kappa shape index (κ3) is 2.42. The number of fused-ring (bicyclic) bond motifs is 1. The quantitative estimate of drug-likeness (QED) is 0.837. The van der Waals surface area contributed by atoms with Crippen molar-refractivity contribution in [1.29, 1.82) is 0 Å². The first kappa shape index (κ1) is 11.1. The Morgan fingerprint density at radius 2 is 2.19 bits per heavy atom. The molecule has 0 spiro atoms. The standard InChI is InChI=1S/C13H18N2O/c1-2-12(16)7-5-9-15-13-8-4-3-6-11(13)10-14-15/h3-4,6,8,10,12,16H,2,5,7,9H2,1H3. The van der Waals surface area contributed by atoms with Gasteiger partial charge in [-0.2, -0.15) is 5.10 Å². The molecule has 1 N–H and O–H groups in total. The minimum Gasteiger partial charge on any atom is -0.393 e. The maximum Gasteiger partial charge on any atom is 0.0682 e. The van der Waals surface area contributed by atoms with Gasteiger partial charge in [-0.25, -0.2) is 0 Å². The maximum absolute atomic E-state index is 9.47. The fourth-order valence-electron chi connectivity index (χ4n) is 1.88. The Hall–Kier alpha value is -1.35. The lowest BCUT2D eigenvalue weighted by Crippen LogP contribution is -2.07. The summed E-state index contributed by atoms with van der Waals surface area (Å²) in [7, 11) is 0. The molecule has 0 amide bonds. The number of para-hydroxylation sites is 1. The number of hydrogen-bond donors (Lipinski definition) is 1. The van der Waals surface area contributed by atoms with E-state index in [1.807, 2.05) is 29.9 Å². The SMILES string of the molecule is CCC(O)CCCn1ncc2ccccc21. The van der Waals surface area contributed by atoms with Gasteiger partial charge in [0, 0.05) is 11.9 Å². The van der Waals surface area contributed by atoms with Gasteiger partial charge in [0.15, 0.2) is 0 Å². The summed E-state index contributed by atoms with van der Waals surface area (Å²) in [5.74, 6) is 0. The Morgan fingerprint density at radius 3 is 3.00 bits per heavy atom. The number of aryl methyl sites for hydroxylation is 1. The van der Waals surface area contributed by atoms with Crippen LogP contribution in [-0.2, 0) is 6.54 Å². The minimum absolute atomic E-state index is 0.165. The molecule has 1 atom stereocenters. The molecule has 0 aliphatic rings. The zero-order valence-electron chi connectivity index (χ0n) is 9.63. The fraction of sp³-hybridized carbons (Fsp3) is 0.462. The average Bonchev–Trinajstić information content (AvgIpc) is 2.73. The van der Waals surface area contributed by atoms with Gasteiger partial charge in [-0.1, -0.05) is 25.1 Å². The number of aromatic nitrogens is 2. The van der Waals surface area contributed by atoms with Crippen molar-refractivity contribution < 1.29 is 5.11 Å². The highest BCUT2D eigenvalue weighted by atomic mass is 16.3. The van der Waals surface area contributed by atoms with Gasteiger partial charge in [0.25, 0.3) is 0 Å². The Balaban J connectivity index is 1.99. The number of nitrogens with zero attached hydrogens (tertiary/aromatic N) is 2. The van der Waals surface area contributed by atoms with Crippen molar-refractivity contribution in [2.75, 3.05) is 0 Å². The minimum atomic E-state index is -0.165. The van der Waals surface area contributed by atoms with Gasteiger partial charge < -0.3 is 5.11 Å². The second-order valence-electron chi connectivity index (χ2n) is 4.13. The maximum atomic E-state index is 9.47. The van der Waals surface area contributed by atoms with Gasteiger partial charge >= 0.3 is 0 Å². The number of aliphatic hydroxyl groups excluding tert-OH is 1. The van der Waals surface area contributed by atoms with E-state index in [4.69, 9.17) is 0 Å². The third-order valence-electron chi connectivity index (χ3n) is 2.93. The molecule has 0 saturated carbocycles. The van der Waals surface area contributed by atoms with Crippen molar-refractivity contribution in [3.8, 4) is 0 Å². The fourth-order valence-corrected chi connectivity index (χ4v) is 1.88. The number of benzene rings is 1. The predicted molar refractivity (Wildman–Crippen MR) is 65.3 cm³/mol. The molecule has 1 heterocycles. The van der Waals surface area contributed by atoms with E-state index in [-0.39, 0.29) is 6.10 Å². The van der Waals surface area contributed by atoms with Crippen LogP contribution in [0.25, 0.3) is 10.9 Å². The Bertz CT molecular complexity index is 450. The molecule has 0 radical (unpaired) electrons. The normalized spacial score (nSPS) is 13.1. The molecule has 2 rings (SSSR count). The van der Waals surface area contributed by atoms with Crippen LogP contribution in [-0.4, -0.2) is 21.0 Å². The highest BCUT2D eigenvalue weighted by molar-refractivity contribution is 5.78. The molecule has 0 aliphatic carbocycles. The molecule has 86 valence electrons.